The van der Waals surface area contributed by atoms with E-state index in [2.05, 4.69) is 0 Å². The first kappa shape index (κ1) is 14.8. The van der Waals surface area contributed by atoms with Crippen molar-refractivity contribution < 1.29 is 29.2 Å². The van der Waals surface area contributed by atoms with Crippen molar-refractivity contribution in [3.63, 3.8) is 0 Å². The van der Waals surface area contributed by atoms with Crippen LogP contribution in [-0.2, 0) is 14.3 Å². The van der Waals surface area contributed by atoms with Crippen molar-refractivity contribution in [3.05, 3.63) is 29.8 Å². The Balaban J connectivity index is 1.87. The fourth-order valence-electron chi connectivity index (χ4n) is 1.96. The largest absolute Gasteiger partial charge is 0.479 e. The molecule has 1 heterocycles. The molecule has 3 unspecified atom stereocenters. The maximum absolute atomic E-state index is 10.6. The molecule has 110 valence electrons. The Bertz CT molecular complexity index is 437. The number of carboxylic acid groups (broad SMARTS) is 1. The summed E-state index contributed by atoms with van der Waals surface area (Å²) >= 11 is 0. The molecule has 2 N–H and O–H groups in total. The lowest BCUT2D eigenvalue weighted by Crippen LogP contribution is -2.23. The summed E-state index contributed by atoms with van der Waals surface area (Å²) < 4.78 is 16.4. The van der Waals surface area contributed by atoms with Gasteiger partial charge in [-0.05, 0) is 31.0 Å². The lowest BCUT2D eigenvalue weighted by Gasteiger charge is -2.19. The summed E-state index contributed by atoms with van der Waals surface area (Å²) in [7, 11) is 0. The molecule has 20 heavy (non-hydrogen) atoms. The van der Waals surface area contributed by atoms with Gasteiger partial charge in [0.05, 0.1) is 0 Å². The van der Waals surface area contributed by atoms with Gasteiger partial charge in [-0.25, -0.2) is 4.79 Å². The van der Waals surface area contributed by atoms with Crippen molar-refractivity contribution in [2.24, 2.45) is 0 Å². The van der Waals surface area contributed by atoms with E-state index >= 15 is 0 Å². The smallest absolute Gasteiger partial charge is 0.337 e. The standard InChI is InChI=1S/C14H18O6/c1-9(20-12-3-2-8-18-12)19-11-6-4-10(5-7-11)13(15)14(16)17/h4-7,9,12-13,15H,2-3,8H2,1H3,(H,16,17). The molecule has 3 atom stereocenters. The molecule has 1 aromatic rings. The fraction of sp³-hybridized carbons (Fsp3) is 0.500. The molecule has 0 saturated carbocycles. The molecule has 0 spiro atoms. The first-order valence-electron chi connectivity index (χ1n) is 6.51. The van der Waals surface area contributed by atoms with Crippen molar-refractivity contribution in [2.75, 3.05) is 6.61 Å². The molecule has 1 aromatic carbocycles. The molecular weight excluding hydrogens is 264 g/mol. The topological polar surface area (TPSA) is 85.2 Å². The Morgan fingerprint density at radius 1 is 1.40 bits per heavy atom. The first-order chi connectivity index (χ1) is 9.56. The Hall–Kier alpha value is -1.63. The van der Waals surface area contributed by atoms with Crippen LogP contribution in [0.1, 0.15) is 31.4 Å². The lowest BCUT2D eigenvalue weighted by molar-refractivity contribution is -0.193. The third-order valence-corrected chi connectivity index (χ3v) is 2.96. The summed E-state index contributed by atoms with van der Waals surface area (Å²) in [5, 5.41) is 18.1. The van der Waals surface area contributed by atoms with Gasteiger partial charge in [0.2, 0.25) is 0 Å². The van der Waals surface area contributed by atoms with Crippen molar-refractivity contribution in [2.45, 2.75) is 38.4 Å². The summed E-state index contributed by atoms with van der Waals surface area (Å²) in [5.41, 5.74) is 0.303. The Kier molecular flexibility index (Phi) is 4.94. The van der Waals surface area contributed by atoms with Crippen LogP contribution >= 0.6 is 0 Å². The molecule has 0 aromatic heterocycles. The lowest BCUT2D eigenvalue weighted by atomic mass is 10.1. The fourth-order valence-corrected chi connectivity index (χ4v) is 1.96. The monoisotopic (exact) mass is 282 g/mol. The van der Waals surface area contributed by atoms with Crippen LogP contribution in [0.4, 0.5) is 0 Å². The van der Waals surface area contributed by atoms with Gasteiger partial charge in [-0.15, -0.1) is 0 Å². The highest BCUT2D eigenvalue weighted by Crippen LogP contribution is 2.21. The van der Waals surface area contributed by atoms with E-state index in [4.69, 9.17) is 19.3 Å². The number of benzene rings is 1. The highest BCUT2D eigenvalue weighted by Gasteiger charge is 2.20. The minimum absolute atomic E-state index is 0.224. The Labute approximate surface area is 116 Å². The number of hydrogen-bond acceptors (Lipinski definition) is 5. The number of aliphatic hydroxyl groups is 1. The summed E-state index contributed by atoms with van der Waals surface area (Å²) in [6.07, 6.45) is -0.368. The van der Waals surface area contributed by atoms with Gasteiger partial charge in [0, 0.05) is 13.0 Å². The molecule has 2 rings (SSSR count). The summed E-state index contributed by atoms with van der Waals surface area (Å²) in [6, 6.07) is 6.20. The van der Waals surface area contributed by atoms with Crippen LogP contribution in [0.15, 0.2) is 24.3 Å². The predicted octanol–water partition coefficient (Wildman–Crippen LogP) is 1.68. The van der Waals surface area contributed by atoms with E-state index in [0.29, 0.717) is 17.9 Å². The van der Waals surface area contributed by atoms with Crippen LogP contribution in [0, 0.1) is 0 Å². The molecule has 1 aliphatic heterocycles. The zero-order valence-corrected chi connectivity index (χ0v) is 11.2. The molecule has 6 nitrogen and oxygen atoms in total. The van der Waals surface area contributed by atoms with Gasteiger partial charge in [-0.3, -0.25) is 0 Å². The van der Waals surface area contributed by atoms with Gasteiger partial charge in [-0.1, -0.05) is 12.1 Å². The van der Waals surface area contributed by atoms with E-state index in [9.17, 15) is 9.90 Å². The van der Waals surface area contributed by atoms with E-state index in [1.807, 2.05) is 0 Å². The maximum atomic E-state index is 10.6. The second-order valence-corrected chi connectivity index (χ2v) is 4.57. The second kappa shape index (κ2) is 6.69. The van der Waals surface area contributed by atoms with E-state index < -0.39 is 18.4 Å². The third kappa shape index (κ3) is 3.93. The zero-order chi connectivity index (χ0) is 14.5. The van der Waals surface area contributed by atoms with E-state index in [1.54, 1.807) is 19.1 Å². The van der Waals surface area contributed by atoms with Gasteiger partial charge in [0.1, 0.15) is 5.75 Å². The third-order valence-electron chi connectivity index (χ3n) is 2.96. The number of ether oxygens (including phenoxy) is 3. The van der Waals surface area contributed by atoms with Crippen LogP contribution < -0.4 is 4.74 Å². The van der Waals surface area contributed by atoms with Gasteiger partial charge in [0.15, 0.2) is 18.7 Å². The quantitative estimate of drug-likeness (QED) is 0.772. The van der Waals surface area contributed by atoms with Crippen molar-refractivity contribution >= 4 is 5.97 Å². The number of aliphatic carboxylic acids is 1. The number of carbonyl (C=O) groups is 1. The molecular formula is C14H18O6. The minimum Gasteiger partial charge on any atom is -0.479 e. The summed E-state index contributed by atoms with van der Waals surface area (Å²) in [4.78, 5) is 10.6. The van der Waals surface area contributed by atoms with Crippen LogP contribution in [-0.4, -0.2) is 35.4 Å². The Morgan fingerprint density at radius 3 is 2.65 bits per heavy atom. The van der Waals surface area contributed by atoms with Crippen LogP contribution in [0.25, 0.3) is 0 Å². The first-order valence-corrected chi connectivity index (χ1v) is 6.51. The molecule has 1 saturated heterocycles. The van der Waals surface area contributed by atoms with Gasteiger partial charge >= 0.3 is 5.97 Å². The summed E-state index contributed by atoms with van der Waals surface area (Å²) in [5.74, 6) is -0.745. The van der Waals surface area contributed by atoms with Gasteiger partial charge in [-0.2, -0.15) is 0 Å². The average Bonchev–Trinajstić information content (AvgIpc) is 2.91. The van der Waals surface area contributed by atoms with E-state index in [1.165, 1.54) is 12.1 Å². The van der Waals surface area contributed by atoms with Crippen LogP contribution in [0.3, 0.4) is 0 Å². The van der Waals surface area contributed by atoms with Crippen LogP contribution in [0.2, 0.25) is 0 Å². The van der Waals surface area contributed by atoms with E-state index in [0.717, 1.165) is 12.8 Å². The molecule has 1 aliphatic rings. The highest BCUT2D eigenvalue weighted by molar-refractivity contribution is 5.74. The molecule has 6 heteroatoms. The van der Waals surface area contributed by atoms with Crippen LogP contribution in [0.5, 0.6) is 5.75 Å². The zero-order valence-electron chi connectivity index (χ0n) is 11.2. The number of aliphatic hydroxyl groups excluding tert-OH is 1. The minimum atomic E-state index is -1.52. The molecule has 0 amide bonds. The van der Waals surface area contributed by atoms with Crippen molar-refractivity contribution in [1.29, 1.82) is 0 Å². The predicted molar refractivity (Wildman–Crippen MR) is 69.2 cm³/mol. The van der Waals surface area contributed by atoms with Crippen molar-refractivity contribution in [3.8, 4) is 5.75 Å². The Morgan fingerprint density at radius 2 is 2.10 bits per heavy atom. The molecule has 0 radical (unpaired) electrons. The average molecular weight is 282 g/mol. The normalized spacial score (nSPS) is 21.4. The van der Waals surface area contributed by atoms with Gasteiger partial charge < -0.3 is 24.4 Å². The molecule has 0 bridgehead atoms. The van der Waals surface area contributed by atoms with Crippen molar-refractivity contribution in [1.82, 2.24) is 0 Å². The molecule has 1 fully saturated rings. The number of rotatable bonds is 6. The maximum Gasteiger partial charge on any atom is 0.337 e. The molecule has 0 aliphatic carbocycles. The highest BCUT2D eigenvalue weighted by atomic mass is 16.8. The number of carboxylic acids is 1. The second-order valence-electron chi connectivity index (χ2n) is 4.57. The van der Waals surface area contributed by atoms with E-state index in [-0.39, 0.29) is 6.29 Å². The summed E-state index contributed by atoms with van der Waals surface area (Å²) in [6.45, 7) is 2.47. The van der Waals surface area contributed by atoms with Gasteiger partial charge in [0.25, 0.3) is 0 Å². The SMILES string of the molecule is CC(Oc1ccc(C(O)C(=O)O)cc1)OC1CCCO1. The number of hydrogen-bond donors (Lipinski definition) is 2.